The zero-order chi connectivity index (χ0) is 12.4. The van der Waals surface area contributed by atoms with Crippen LogP contribution in [0.5, 0.6) is 0 Å². The summed E-state index contributed by atoms with van der Waals surface area (Å²) in [4.78, 5) is 22.9. The molecule has 0 aliphatic carbocycles. The predicted molar refractivity (Wildman–Crippen MR) is 64.1 cm³/mol. The van der Waals surface area contributed by atoms with Crippen LogP contribution >= 0.6 is 0 Å². The third kappa shape index (κ3) is 2.16. The van der Waals surface area contributed by atoms with Crippen molar-refractivity contribution >= 4 is 17.6 Å². The van der Waals surface area contributed by atoms with Crippen LogP contribution in [0.1, 0.15) is 34.8 Å². The first-order valence-electron chi connectivity index (χ1n) is 5.69. The average molecular weight is 233 g/mol. The lowest BCUT2D eigenvalue weighted by Gasteiger charge is -2.20. The van der Waals surface area contributed by atoms with Crippen molar-refractivity contribution in [3.8, 4) is 0 Å². The summed E-state index contributed by atoms with van der Waals surface area (Å²) in [7, 11) is 1.37. The Morgan fingerprint density at radius 2 is 2.18 bits per heavy atom. The van der Waals surface area contributed by atoms with Crippen molar-refractivity contribution in [2.45, 2.75) is 26.2 Å². The molecule has 17 heavy (non-hydrogen) atoms. The Balaban J connectivity index is 2.49. The van der Waals surface area contributed by atoms with Gasteiger partial charge in [0.15, 0.2) is 0 Å². The summed E-state index contributed by atoms with van der Waals surface area (Å²) >= 11 is 0. The molecule has 2 rings (SSSR count). The van der Waals surface area contributed by atoms with Gasteiger partial charge < -0.3 is 10.1 Å². The highest BCUT2D eigenvalue weighted by Gasteiger charge is 2.20. The van der Waals surface area contributed by atoms with Gasteiger partial charge in [-0.15, -0.1) is 0 Å². The maximum Gasteiger partial charge on any atom is 0.337 e. The molecule has 1 N–H and O–H groups in total. The minimum absolute atomic E-state index is 0.0398. The average Bonchev–Trinajstić information content (AvgIpc) is 2.36. The fourth-order valence-corrected chi connectivity index (χ4v) is 2.09. The lowest BCUT2D eigenvalue weighted by atomic mass is 9.95. The van der Waals surface area contributed by atoms with Gasteiger partial charge in [0.1, 0.15) is 0 Å². The van der Waals surface area contributed by atoms with Gasteiger partial charge in [0, 0.05) is 12.1 Å². The number of fused-ring (bicyclic) bond motifs is 1. The molecule has 4 heteroatoms. The molecule has 1 aromatic carbocycles. The monoisotopic (exact) mass is 233 g/mol. The topological polar surface area (TPSA) is 55.4 Å². The Morgan fingerprint density at radius 1 is 1.41 bits per heavy atom. The first-order chi connectivity index (χ1) is 8.15. The molecule has 0 aromatic heterocycles. The summed E-state index contributed by atoms with van der Waals surface area (Å²) in [6.07, 6.45) is 1.92. The van der Waals surface area contributed by atoms with Crippen LogP contribution < -0.4 is 5.32 Å². The molecule has 1 amide bonds. The van der Waals surface area contributed by atoms with Crippen molar-refractivity contribution in [3.05, 3.63) is 28.8 Å². The molecule has 90 valence electrons. The molecule has 0 unspecified atom stereocenters. The van der Waals surface area contributed by atoms with Gasteiger partial charge in [-0.3, -0.25) is 4.79 Å². The Morgan fingerprint density at radius 3 is 2.82 bits per heavy atom. The van der Waals surface area contributed by atoms with Crippen molar-refractivity contribution in [2.24, 2.45) is 0 Å². The van der Waals surface area contributed by atoms with Crippen molar-refractivity contribution < 1.29 is 14.3 Å². The minimum atomic E-state index is -0.334. The summed E-state index contributed by atoms with van der Waals surface area (Å²) in [5.41, 5.74) is 3.43. The number of benzene rings is 1. The molecule has 1 heterocycles. The highest BCUT2D eigenvalue weighted by molar-refractivity contribution is 5.97. The molecule has 0 spiro atoms. The van der Waals surface area contributed by atoms with Gasteiger partial charge in [-0.1, -0.05) is 6.92 Å². The van der Waals surface area contributed by atoms with E-state index >= 15 is 0 Å². The van der Waals surface area contributed by atoms with E-state index in [4.69, 9.17) is 4.74 Å². The zero-order valence-electron chi connectivity index (χ0n) is 10.0. The van der Waals surface area contributed by atoms with Crippen LogP contribution in [0.15, 0.2) is 12.1 Å². The van der Waals surface area contributed by atoms with E-state index in [1.807, 2.05) is 6.92 Å². The van der Waals surface area contributed by atoms with Crippen LogP contribution in [0.3, 0.4) is 0 Å². The summed E-state index contributed by atoms with van der Waals surface area (Å²) in [5.74, 6) is -0.294. The number of nitrogens with one attached hydrogen (secondary N) is 1. The molecule has 0 saturated heterocycles. The minimum Gasteiger partial charge on any atom is -0.465 e. The van der Waals surface area contributed by atoms with E-state index in [2.05, 4.69) is 5.32 Å². The molecule has 0 fully saturated rings. The molecule has 1 aromatic rings. The van der Waals surface area contributed by atoms with Crippen molar-refractivity contribution in [1.29, 1.82) is 0 Å². The van der Waals surface area contributed by atoms with Crippen LogP contribution in [0.2, 0.25) is 0 Å². The number of aryl methyl sites for hydroxylation is 2. The highest BCUT2D eigenvalue weighted by atomic mass is 16.5. The van der Waals surface area contributed by atoms with Gasteiger partial charge in [0.2, 0.25) is 5.91 Å². The van der Waals surface area contributed by atoms with Crippen molar-refractivity contribution in [3.63, 3.8) is 0 Å². The highest BCUT2D eigenvalue weighted by Crippen LogP contribution is 2.29. The number of esters is 1. The lowest BCUT2D eigenvalue weighted by molar-refractivity contribution is -0.116. The van der Waals surface area contributed by atoms with E-state index in [-0.39, 0.29) is 11.9 Å². The Labute approximate surface area is 100.0 Å². The fourth-order valence-electron chi connectivity index (χ4n) is 2.09. The number of ether oxygens (including phenoxy) is 1. The second-order valence-electron chi connectivity index (χ2n) is 4.06. The molecule has 0 saturated carbocycles. The van der Waals surface area contributed by atoms with Gasteiger partial charge >= 0.3 is 5.97 Å². The molecule has 0 atom stereocenters. The van der Waals surface area contributed by atoms with E-state index in [0.717, 1.165) is 23.2 Å². The van der Waals surface area contributed by atoms with Crippen LogP contribution in [0, 0.1) is 0 Å². The normalized spacial score (nSPS) is 13.9. The van der Waals surface area contributed by atoms with E-state index in [1.165, 1.54) is 7.11 Å². The standard InChI is InChI=1S/C13H15NO3/c1-3-8-6-10(13(16)17-2)7-9-4-5-11(15)14-12(8)9/h6-7H,3-5H2,1-2H3,(H,14,15). The molecule has 0 radical (unpaired) electrons. The van der Waals surface area contributed by atoms with Crippen LogP contribution in [0.4, 0.5) is 5.69 Å². The summed E-state index contributed by atoms with van der Waals surface area (Å²) in [6.45, 7) is 2.00. The van der Waals surface area contributed by atoms with E-state index in [1.54, 1.807) is 12.1 Å². The number of hydrogen-bond donors (Lipinski definition) is 1. The maximum absolute atomic E-state index is 11.5. The summed E-state index contributed by atoms with van der Waals surface area (Å²) < 4.78 is 4.72. The summed E-state index contributed by atoms with van der Waals surface area (Å²) in [5, 5.41) is 2.87. The van der Waals surface area contributed by atoms with Crippen molar-refractivity contribution in [1.82, 2.24) is 0 Å². The Kier molecular flexibility index (Phi) is 3.13. The van der Waals surface area contributed by atoms with E-state index in [9.17, 15) is 9.59 Å². The number of methoxy groups -OCH3 is 1. The second kappa shape index (κ2) is 4.57. The Bertz CT molecular complexity index is 463. The van der Waals surface area contributed by atoms with Gasteiger partial charge in [-0.25, -0.2) is 4.79 Å². The van der Waals surface area contributed by atoms with E-state index < -0.39 is 0 Å². The van der Waals surface area contributed by atoms with Gasteiger partial charge in [0.05, 0.1) is 12.7 Å². The number of rotatable bonds is 2. The van der Waals surface area contributed by atoms with Crippen molar-refractivity contribution in [2.75, 3.05) is 12.4 Å². The first-order valence-corrected chi connectivity index (χ1v) is 5.69. The van der Waals surface area contributed by atoms with E-state index in [0.29, 0.717) is 18.4 Å². The number of carbonyl (C=O) groups is 2. The lowest BCUT2D eigenvalue weighted by Crippen LogP contribution is -2.21. The third-order valence-corrected chi connectivity index (χ3v) is 2.99. The van der Waals surface area contributed by atoms with Crippen LogP contribution in [-0.4, -0.2) is 19.0 Å². The smallest absolute Gasteiger partial charge is 0.337 e. The van der Waals surface area contributed by atoms with Gasteiger partial charge in [-0.2, -0.15) is 0 Å². The fraction of sp³-hybridized carbons (Fsp3) is 0.385. The van der Waals surface area contributed by atoms with Gasteiger partial charge in [-0.05, 0) is 36.1 Å². The van der Waals surface area contributed by atoms with Crippen LogP contribution in [0.25, 0.3) is 0 Å². The number of amides is 1. The largest absolute Gasteiger partial charge is 0.465 e. The summed E-state index contributed by atoms with van der Waals surface area (Å²) in [6, 6.07) is 3.59. The third-order valence-electron chi connectivity index (χ3n) is 2.99. The number of anilines is 1. The number of hydrogen-bond acceptors (Lipinski definition) is 3. The molecule has 1 aliphatic heterocycles. The Hall–Kier alpha value is -1.84. The predicted octanol–water partition coefficient (Wildman–Crippen LogP) is 1.92. The second-order valence-corrected chi connectivity index (χ2v) is 4.06. The molecule has 4 nitrogen and oxygen atoms in total. The van der Waals surface area contributed by atoms with Crippen LogP contribution in [-0.2, 0) is 22.4 Å². The quantitative estimate of drug-likeness (QED) is 0.794. The molecular formula is C13H15NO3. The molecular weight excluding hydrogens is 218 g/mol. The molecule has 1 aliphatic rings. The molecule has 0 bridgehead atoms. The van der Waals surface area contributed by atoms with Gasteiger partial charge in [0.25, 0.3) is 0 Å². The zero-order valence-corrected chi connectivity index (χ0v) is 10.0. The number of carbonyl (C=O) groups excluding carboxylic acids is 2. The first kappa shape index (κ1) is 11.6. The SMILES string of the molecule is CCc1cc(C(=O)OC)cc2c1NC(=O)CC2. The maximum atomic E-state index is 11.5.